The highest BCUT2D eigenvalue weighted by Crippen LogP contribution is 2.74. The molecule has 42 heavy (non-hydrogen) atoms. The highest BCUT2D eigenvalue weighted by atomic mass is 16.3. The summed E-state index contributed by atoms with van der Waals surface area (Å²) < 4.78 is 5.32. The van der Waals surface area contributed by atoms with Gasteiger partial charge in [-0.3, -0.25) is 14.4 Å². The molecule has 0 bridgehead atoms. The third kappa shape index (κ3) is 3.56. The highest BCUT2D eigenvalue weighted by Gasteiger charge is 2.71. The van der Waals surface area contributed by atoms with E-state index in [9.17, 15) is 19.6 Å². The molecule has 1 amide bonds. The number of oxazole rings is 1. The molecule has 0 aromatic carbocycles. The van der Waals surface area contributed by atoms with Crippen molar-refractivity contribution in [2.45, 2.75) is 93.5 Å². The number of carbonyl (C=O) groups is 3. The topological polar surface area (TPSA) is 113 Å². The number of hydrogen-bond acceptors (Lipinski definition) is 6. The number of fused-ring (bicyclic) bond motifs is 7. The Morgan fingerprint density at radius 2 is 1.79 bits per heavy atom. The Hall–Kier alpha value is -3.01. The van der Waals surface area contributed by atoms with E-state index >= 15 is 0 Å². The third-order valence-electron chi connectivity index (χ3n) is 13.7. The average Bonchev–Trinajstić information content (AvgIpc) is 3.46. The van der Waals surface area contributed by atoms with Gasteiger partial charge in [-0.15, -0.1) is 0 Å². The fourth-order valence-electron chi connectivity index (χ4n) is 10.7. The van der Waals surface area contributed by atoms with E-state index in [1.807, 2.05) is 13.0 Å². The fourth-order valence-corrected chi connectivity index (χ4v) is 10.7. The molecule has 9 unspecified atom stereocenters. The number of nitrogens with one attached hydrogen (secondary N) is 1. The smallest absolute Gasteiger partial charge is 0.227 e. The molecule has 1 N–H and O–H groups in total. The van der Waals surface area contributed by atoms with Gasteiger partial charge in [-0.25, -0.2) is 4.98 Å². The molecule has 7 nitrogen and oxygen atoms in total. The van der Waals surface area contributed by atoms with E-state index in [1.165, 1.54) is 6.39 Å². The van der Waals surface area contributed by atoms with Gasteiger partial charge < -0.3 is 9.73 Å². The first kappa shape index (κ1) is 29.1. The van der Waals surface area contributed by atoms with Crippen molar-refractivity contribution >= 4 is 17.5 Å². The number of nitriles is 1. The van der Waals surface area contributed by atoms with Crippen LogP contribution in [0.1, 0.15) is 92.8 Å². The summed E-state index contributed by atoms with van der Waals surface area (Å²) in [5, 5.41) is 13.8. The molecule has 5 aliphatic rings. The Kier molecular flexibility index (Phi) is 6.23. The SMILES string of the molecule is CC12CCC(C)(C(=O)NCc3cnco3)C(C#N)C1C1C(=O)C=C3C4(C)C=CC(=O)C(C)(C)C4CCC3(C)C1(C)CC2. The van der Waals surface area contributed by atoms with E-state index in [4.69, 9.17) is 4.42 Å². The fraction of sp³-hybridized carbons (Fsp3) is 0.686. The Labute approximate surface area is 249 Å². The summed E-state index contributed by atoms with van der Waals surface area (Å²) in [5.74, 6) is -0.408. The molecule has 0 aliphatic heterocycles. The predicted molar refractivity (Wildman–Crippen MR) is 157 cm³/mol. The first-order valence-electron chi connectivity index (χ1n) is 15.6. The number of rotatable bonds is 3. The molecule has 3 fully saturated rings. The van der Waals surface area contributed by atoms with Crippen molar-refractivity contribution in [3.05, 3.63) is 42.2 Å². The van der Waals surface area contributed by atoms with Gasteiger partial charge in [0.05, 0.1) is 30.1 Å². The lowest BCUT2D eigenvalue weighted by atomic mass is 9.33. The minimum Gasteiger partial charge on any atom is -0.447 e. The van der Waals surface area contributed by atoms with Crippen molar-refractivity contribution in [2.75, 3.05) is 0 Å². The molecule has 0 radical (unpaired) electrons. The Balaban J connectivity index is 1.42. The minimum absolute atomic E-state index is 0.0949. The van der Waals surface area contributed by atoms with Crippen molar-refractivity contribution in [2.24, 2.45) is 56.2 Å². The van der Waals surface area contributed by atoms with Gasteiger partial charge in [-0.1, -0.05) is 53.2 Å². The van der Waals surface area contributed by atoms with E-state index < -0.39 is 16.7 Å². The molecule has 224 valence electrons. The molecular formula is C35H45N3O4. The van der Waals surface area contributed by atoms with Crippen LogP contribution in [-0.4, -0.2) is 22.5 Å². The highest BCUT2D eigenvalue weighted by molar-refractivity contribution is 5.98. The Bertz CT molecular complexity index is 1450. The van der Waals surface area contributed by atoms with E-state index in [2.05, 4.69) is 64.0 Å². The van der Waals surface area contributed by atoms with Crippen LogP contribution in [0.15, 0.2) is 40.8 Å². The lowest BCUT2D eigenvalue weighted by Crippen LogP contribution is -2.66. The number of nitrogens with zero attached hydrogens (tertiary/aromatic N) is 2. The number of amides is 1. The molecule has 0 saturated heterocycles. The molecule has 3 saturated carbocycles. The molecular weight excluding hydrogens is 526 g/mol. The van der Waals surface area contributed by atoms with Crippen LogP contribution in [0, 0.1) is 67.5 Å². The second-order valence-corrected chi connectivity index (χ2v) is 15.8. The van der Waals surface area contributed by atoms with Gasteiger partial charge in [-0.2, -0.15) is 5.26 Å². The van der Waals surface area contributed by atoms with Crippen LogP contribution >= 0.6 is 0 Å². The molecule has 6 rings (SSSR count). The zero-order valence-electron chi connectivity index (χ0n) is 26.2. The largest absolute Gasteiger partial charge is 0.447 e. The van der Waals surface area contributed by atoms with Crippen molar-refractivity contribution in [1.29, 1.82) is 5.26 Å². The summed E-state index contributed by atoms with van der Waals surface area (Å²) >= 11 is 0. The number of carbonyl (C=O) groups excluding carboxylic acids is 3. The molecule has 1 heterocycles. The van der Waals surface area contributed by atoms with Crippen molar-refractivity contribution in [1.82, 2.24) is 10.3 Å². The standard InChI is InChI=1S/C35H45N3O4/c1-30(2)24-8-11-34(6)25(33(24,5)10-9-26(30)40)16-23(39)28-27-22(17-36)32(4,29(41)38-19-21-18-37-20-42-21)14-12-31(27,3)13-15-35(28,34)7/h9-10,16,18,20,22,24,27-28H,8,11-15,19H2,1-7H3,(H,38,41). The van der Waals surface area contributed by atoms with Crippen molar-refractivity contribution < 1.29 is 18.8 Å². The maximum atomic E-state index is 14.6. The number of ketones is 2. The van der Waals surface area contributed by atoms with E-state index in [0.717, 1.165) is 37.7 Å². The van der Waals surface area contributed by atoms with Gasteiger partial charge in [0, 0.05) is 16.7 Å². The van der Waals surface area contributed by atoms with Gasteiger partial charge in [0.15, 0.2) is 18.0 Å². The maximum Gasteiger partial charge on any atom is 0.227 e. The number of hydrogen-bond donors (Lipinski definition) is 1. The van der Waals surface area contributed by atoms with Gasteiger partial charge in [-0.05, 0) is 85.7 Å². The normalized spacial score (nSPS) is 45.4. The predicted octanol–water partition coefficient (Wildman–Crippen LogP) is 6.37. The minimum atomic E-state index is -0.928. The molecule has 1 aromatic rings. The van der Waals surface area contributed by atoms with E-state index in [-0.39, 0.29) is 63.4 Å². The van der Waals surface area contributed by atoms with Crippen molar-refractivity contribution in [3.8, 4) is 6.07 Å². The summed E-state index contributed by atoms with van der Waals surface area (Å²) in [7, 11) is 0. The lowest BCUT2D eigenvalue weighted by molar-refractivity contribution is -0.181. The van der Waals surface area contributed by atoms with Crippen LogP contribution in [0.5, 0.6) is 0 Å². The number of allylic oxidation sites excluding steroid dienone is 4. The van der Waals surface area contributed by atoms with E-state index in [0.29, 0.717) is 12.2 Å². The van der Waals surface area contributed by atoms with Gasteiger partial charge in [0.25, 0.3) is 0 Å². The van der Waals surface area contributed by atoms with Crippen molar-refractivity contribution in [3.63, 3.8) is 0 Å². The quantitative estimate of drug-likeness (QED) is 0.451. The molecule has 9 atom stereocenters. The maximum absolute atomic E-state index is 14.6. The third-order valence-corrected chi connectivity index (χ3v) is 13.7. The summed E-state index contributed by atoms with van der Waals surface area (Å²) in [6, 6.07) is 2.60. The van der Waals surface area contributed by atoms with E-state index in [1.54, 1.807) is 12.3 Å². The number of aromatic nitrogens is 1. The lowest BCUT2D eigenvalue weighted by Gasteiger charge is -2.69. The molecule has 7 heteroatoms. The van der Waals surface area contributed by atoms with Crippen LogP contribution in [0.3, 0.4) is 0 Å². The van der Waals surface area contributed by atoms with Crippen LogP contribution in [-0.2, 0) is 20.9 Å². The van der Waals surface area contributed by atoms with Gasteiger partial charge in [0.2, 0.25) is 5.91 Å². The summed E-state index contributed by atoms with van der Waals surface area (Å²) in [4.78, 5) is 45.3. The van der Waals surface area contributed by atoms with Crippen LogP contribution < -0.4 is 5.32 Å². The van der Waals surface area contributed by atoms with Crippen LogP contribution in [0.2, 0.25) is 0 Å². The first-order chi connectivity index (χ1) is 19.6. The van der Waals surface area contributed by atoms with Crippen LogP contribution in [0.25, 0.3) is 0 Å². The zero-order valence-corrected chi connectivity index (χ0v) is 26.2. The average molecular weight is 572 g/mol. The van der Waals surface area contributed by atoms with Crippen LogP contribution in [0.4, 0.5) is 0 Å². The van der Waals surface area contributed by atoms with Gasteiger partial charge in [0.1, 0.15) is 5.76 Å². The Morgan fingerprint density at radius 3 is 2.45 bits per heavy atom. The van der Waals surface area contributed by atoms with Gasteiger partial charge >= 0.3 is 0 Å². The molecule has 5 aliphatic carbocycles. The Morgan fingerprint density at radius 1 is 1.07 bits per heavy atom. The zero-order chi connectivity index (χ0) is 30.5. The first-order valence-corrected chi connectivity index (χ1v) is 15.6. The summed E-state index contributed by atoms with van der Waals surface area (Å²) in [6.07, 6.45) is 13.7. The molecule has 0 spiro atoms. The summed E-state index contributed by atoms with van der Waals surface area (Å²) in [6.45, 7) is 15.3. The second kappa shape index (κ2) is 9.00. The summed E-state index contributed by atoms with van der Waals surface area (Å²) in [5.41, 5.74) is -1.47. The monoisotopic (exact) mass is 571 g/mol. The molecule has 1 aromatic heterocycles. The second-order valence-electron chi connectivity index (χ2n) is 15.8.